The minimum Gasteiger partial charge on any atom is -0.316 e. The fourth-order valence-electron chi connectivity index (χ4n) is 1.87. The van der Waals surface area contributed by atoms with E-state index in [2.05, 4.69) is 10.4 Å². The summed E-state index contributed by atoms with van der Waals surface area (Å²) < 4.78 is 40.6. The van der Waals surface area contributed by atoms with Crippen molar-refractivity contribution in [2.24, 2.45) is 0 Å². The zero-order valence-electron chi connectivity index (χ0n) is 10.6. The SMILES string of the molecule is CNCc1ccc(-n2ccc(C)n2)c(C(F)(F)F)c1. The third kappa shape index (κ3) is 2.96. The maximum Gasteiger partial charge on any atom is 0.418 e. The summed E-state index contributed by atoms with van der Waals surface area (Å²) in [7, 11) is 1.69. The van der Waals surface area contributed by atoms with Gasteiger partial charge in [0.05, 0.1) is 16.9 Å². The molecule has 0 aliphatic rings. The molecule has 1 aromatic carbocycles. The first-order valence-electron chi connectivity index (χ1n) is 5.79. The van der Waals surface area contributed by atoms with Gasteiger partial charge in [-0.3, -0.25) is 0 Å². The molecule has 0 spiro atoms. The lowest BCUT2D eigenvalue weighted by Crippen LogP contribution is -2.13. The molecule has 0 bridgehead atoms. The minimum absolute atomic E-state index is 0.0421. The molecule has 0 atom stereocenters. The number of halogens is 3. The lowest BCUT2D eigenvalue weighted by molar-refractivity contribution is -0.137. The van der Waals surface area contributed by atoms with E-state index >= 15 is 0 Å². The van der Waals surface area contributed by atoms with Gasteiger partial charge in [-0.2, -0.15) is 18.3 Å². The molecule has 2 rings (SSSR count). The van der Waals surface area contributed by atoms with Gasteiger partial charge in [0.15, 0.2) is 0 Å². The summed E-state index contributed by atoms with van der Waals surface area (Å²) in [6, 6.07) is 5.94. The second-order valence-corrected chi connectivity index (χ2v) is 4.28. The lowest BCUT2D eigenvalue weighted by atomic mass is 10.1. The Labute approximate surface area is 109 Å². The van der Waals surface area contributed by atoms with E-state index in [0.29, 0.717) is 17.8 Å². The number of nitrogens with one attached hydrogen (secondary N) is 1. The molecular weight excluding hydrogens is 255 g/mol. The predicted octanol–water partition coefficient (Wildman–Crippen LogP) is 2.92. The summed E-state index contributed by atoms with van der Waals surface area (Å²) in [5.41, 5.74) is 0.624. The molecule has 0 amide bonds. The molecule has 19 heavy (non-hydrogen) atoms. The van der Waals surface area contributed by atoms with Gasteiger partial charge in [-0.1, -0.05) is 6.07 Å². The summed E-state index contributed by atoms with van der Waals surface area (Å²) in [5.74, 6) is 0. The minimum atomic E-state index is -4.40. The van der Waals surface area contributed by atoms with Crippen LogP contribution in [0, 0.1) is 6.92 Å². The van der Waals surface area contributed by atoms with Crippen LogP contribution >= 0.6 is 0 Å². The quantitative estimate of drug-likeness (QED) is 0.928. The van der Waals surface area contributed by atoms with Gasteiger partial charge in [-0.05, 0) is 37.7 Å². The second-order valence-electron chi connectivity index (χ2n) is 4.28. The molecule has 3 nitrogen and oxygen atoms in total. The van der Waals surface area contributed by atoms with Gasteiger partial charge >= 0.3 is 6.18 Å². The van der Waals surface area contributed by atoms with Gasteiger partial charge in [0.25, 0.3) is 0 Å². The van der Waals surface area contributed by atoms with Gasteiger partial charge < -0.3 is 5.32 Å². The number of alkyl halides is 3. The molecule has 0 aliphatic heterocycles. The zero-order chi connectivity index (χ0) is 14.0. The summed E-state index contributed by atoms with van der Waals surface area (Å²) in [6.45, 7) is 2.13. The van der Waals surface area contributed by atoms with E-state index < -0.39 is 11.7 Å². The number of hydrogen-bond donors (Lipinski definition) is 1. The highest BCUT2D eigenvalue weighted by molar-refractivity contribution is 5.45. The van der Waals surface area contributed by atoms with Gasteiger partial charge in [-0.15, -0.1) is 0 Å². The van der Waals surface area contributed by atoms with Crippen LogP contribution in [0.4, 0.5) is 13.2 Å². The molecule has 0 radical (unpaired) electrons. The van der Waals surface area contributed by atoms with Gasteiger partial charge in [0.1, 0.15) is 0 Å². The molecule has 6 heteroatoms. The third-order valence-corrected chi connectivity index (χ3v) is 2.72. The average molecular weight is 269 g/mol. The molecule has 2 aromatic rings. The van der Waals surface area contributed by atoms with Crippen molar-refractivity contribution in [1.82, 2.24) is 15.1 Å². The molecular formula is C13H14F3N3. The Balaban J connectivity index is 2.54. The Hall–Kier alpha value is -1.82. The van der Waals surface area contributed by atoms with E-state index in [-0.39, 0.29) is 5.69 Å². The van der Waals surface area contributed by atoms with Crippen molar-refractivity contribution in [1.29, 1.82) is 0 Å². The van der Waals surface area contributed by atoms with Gasteiger partial charge in [-0.25, -0.2) is 4.68 Å². The van der Waals surface area contributed by atoms with Crippen molar-refractivity contribution in [3.8, 4) is 5.69 Å². The first-order valence-corrected chi connectivity index (χ1v) is 5.79. The first kappa shape index (κ1) is 13.6. The van der Waals surface area contributed by atoms with Gasteiger partial charge in [0.2, 0.25) is 0 Å². The van der Waals surface area contributed by atoms with E-state index in [1.54, 1.807) is 26.1 Å². The molecule has 0 saturated heterocycles. The van der Waals surface area contributed by atoms with Crippen LogP contribution in [0.1, 0.15) is 16.8 Å². The molecule has 0 aliphatic carbocycles. The first-order chi connectivity index (χ1) is 8.91. The fourth-order valence-corrected chi connectivity index (χ4v) is 1.87. The van der Waals surface area contributed by atoms with E-state index in [9.17, 15) is 13.2 Å². The van der Waals surface area contributed by atoms with Crippen molar-refractivity contribution in [2.45, 2.75) is 19.6 Å². The van der Waals surface area contributed by atoms with Crippen molar-refractivity contribution >= 4 is 0 Å². The second kappa shape index (κ2) is 5.05. The number of hydrogen-bond acceptors (Lipinski definition) is 2. The summed E-state index contributed by atoms with van der Waals surface area (Å²) >= 11 is 0. The molecule has 0 unspecified atom stereocenters. The largest absolute Gasteiger partial charge is 0.418 e. The van der Waals surface area contributed by atoms with Gasteiger partial charge in [0, 0.05) is 12.7 Å². The summed E-state index contributed by atoms with van der Waals surface area (Å²) in [4.78, 5) is 0. The van der Waals surface area contributed by atoms with E-state index in [4.69, 9.17) is 0 Å². The molecule has 0 fully saturated rings. The molecule has 0 saturated carbocycles. The van der Waals surface area contributed by atoms with E-state index in [1.165, 1.54) is 16.9 Å². The van der Waals surface area contributed by atoms with Crippen LogP contribution in [-0.4, -0.2) is 16.8 Å². The summed E-state index contributed by atoms with van der Waals surface area (Å²) in [5, 5.41) is 6.87. The molecule has 1 N–H and O–H groups in total. The van der Waals surface area contributed by atoms with Crippen LogP contribution in [0.25, 0.3) is 5.69 Å². The zero-order valence-corrected chi connectivity index (χ0v) is 10.6. The van der Waals surface area contributed by atoms with Crippen LogP contribution in [0.15, 0.2) is 30.5 Å². The van der Waals surface area contributed by atoms with Crippen molar-refractivity contribution in [3.05, 3.63) is 47.3 Å². The highest BCUT2D eigenvalue weighted by Crippen LogP contribution is 2.34. The van der Waals surface area contributed by atoms with Crippen molar-refractivity contribution in [2.75, 3.05) is 7.05 Å². The molecule has 1 heterocycles. The number of aromatic nitrogens is 2. The fraction of sp³-hybridized carbons (Fsp3) is 0.308. The molecule has 1 aromatic heterocycles. The number of aryl methyl sites for hydroxylation is 1. The Bertz CT molecular complexity index is 573. The number of nitrogens with zero attached hydrogens (tertiary/aromatic N) is 2. The van der Waals surface area contributed by atoms with Crippen molar-refractivity contribution < 1.29 is 13.2 Å². The third-order valence-electron chi connectivity index (χ3n) is 2.72. The number of benzene rings is 1. The lowest BCUT2D eigenvalue weighted by Gasteiger charge is -2.14. The standard InChI is InChI=1S/C13H14F3N3/c1-9-5-6-19(18-9)12-4-3-10(8-17-2)7-11(12)13(14,15)16/h3-7,17H,8H2,1-2H3. The average Bonchev–Trinajstić information content (AvgIpc) is 2.75. The highest BCUT2D eigenvalue weighted by atomic mass is 19.4. The number of rotatable bonds is 3. The Morgan fingerprint density at radius 3 is 2.53 bits per heavy atom. The van der Waals surface area contributed by atoms with Crippen molar-refractivity contribution in [3.63, 3.8) is 0 Å². The topological polar surface area (TPSA) is 29.9 Å². The Morgan fingerprint density at radius 1 is 1.26 bits per heavy atom. The highest BCUT2D eigenvalue weighted by Gasteiger charge is 2.34. The summed E-state index contributed by atoms with van der Waals surface area (Å²) in [6.07, 6.45) is -2.88. The smallest absolute Gasteiger partial charge is 0.316 e. The van der Waals surface area contributed by atoms with Crippen LogP contribution in [0.2, 0.25) is 0 Å². The predicted molar refractivity (Wildman–Crippen MR) is 66.1 cm³/mol. The Morgan fingerprint density at radius 2 is 2.00 bits per heavy atom. The molecule has 102 valence electrons. The van der Waals surface area contributed by atoms with Crippen LogP contribution in [-0.2, 0) is 12.7 Å². The van der Waals surface area contributed by atoms with Crippen LogP contribution in [0.5, 0.6) is 0 Å². The maximum atomic E-state index is 13.1. The van der Waals surface area contributed by atoms with Crippen LogP contribution in [0.3, 0.4) is 0 Å². The maximum absolute atomic E-state index is 13.1. The van der Waals surface area contributed by atoms with E-state index in [0.717, 1.165) is 6.07 Å². The van der Waals surface area contributed by atoms with E-state index in [1.807, 2.05) is 0 Å². The normalized spacial score (nSPS) is 11.8. The monoisotopic (exact) mass is 269 g/mol. The van der Waals surface area contributed by atoms with Crippen LogP contribution < -0.4 is 5.32 Å². The Kier molecular flexibility index (Phi) is 3.61.